The Morgan fingerprint density at radius 1 is 1.22 bits per heavy atom. The number of likely N-dealkylation sites (tertiary alicyclic amines) is 1. The van der Waals surface area contributed by atoms with E-state index in [-0.39, 0.29) is 17.2 Å². The highest BCUT2D eigenvalue weighted by Crippen LogP contribution is 2.24. The van der Waals surface area contributed by atoms with Gasteiger partial charge in [-0.15, -0.1) is 11.8 Å². The van der Waals surface area contributed by atoms with Crippen LogP contribution in [0.1, 0.15) is 30.9 Å². The van der Waals surface area contributed by atoms with Gasteiger partial charge in [-0.05, 0) is 56.5 Å². The minimum Gasteiger partial charge on any atom is -0.508 e. The first kappa shape index (κ1) is 19.8. The highest BCUT2D eigenvalue weighted by Gasteiger charge is 2.23. The van der Waals surface area contributed by atoms with Gasteiger partial charge >= 0.3 is 0 Å². The maximum atomic E-state index is 12.5. The molecule has 0 aromatic heterocycles. The number of rotatable bonds is 6. The summed E-state index contributed by atoms with van der Waals surface area (Å²) in [6.45, 7) is 6.79. The van der Waals surface area contributed by atoms with E-state index < -0.39 is 0 Å². The van der Waals surface area contributed by atoms with Crippen molar-refractivity contribution in [1.82, 2.24) is 10.2 Å². The fourth-order valence-corrected chi connectivity index (χ4v) is 4.22. The van der Waals surface area contributed by atoms with Crippen molar-refractivity contribution in [3.05, 3.63) is 59.7 Å². The number of hydrogen-bond acceptors (Lipinski definition) is 4. The Bertz CT molecular complexity index is 755. The van der Waals surface area contributed by atoms with Crippen LogP contribution < -0.4 is 5.32 Å². The molecule has 0 radical (unpaired) electrons. The lowest BCUT2D eigenvalue weighted by atomic mass is 10.0. The highest BCUT2D eigenvalue weighted by atomic mass is 32.2. The molecule has 1 fully saturated rings. The maximum Gasteiger partial charge on any atom is 0.233 e. The third-order valence-corrected chi connectivity index (χ3v) is 6.07. The summed E-state index contributed by atoms with van der Waals surface area (Å²) < 4.78 is 0. The summed E-state index contributed by atoms with van der Waals surface area (Å²) in [7, 11) is 0. The number of amides is 1. The molecule has 1 unspecified atom stereocenters. The minimum atomic E-state index is -0.0990. The number of nitrogens with zero attached hydrogens (tertiary/aromatic N) is 1. The lowest BCUT2D eigenvalue weighted by molar-refractivity contribution is -0.121. The van der Waals surface area contributed by atoms with Gasteiger partial charge in [-0.2, -0.15) is 0 Å². The molecule has 1 atom stereocenters. The van der Waals surface area contributed by atoms with Gasteiger partial charge in [-0.1, -0.05) is 29.8 Å². The number of aromatic hydroxyl groups is 1. The van der Waals surface area contributed by atoms with Crippen molar-refractivity contribution in [2.75, 3.05) is 13.1 Å². The predicted octanol–water partition coefficient (Wildman–Crippen LogP) is 3.96. The second kappa shape index (κ2) is 9.29. The fraction of sp³-hybridized carbons (Fsp3) is 0.409. The van der Waals surface area contributed by atoms with Gasteiger partial charge < -0.3 is 10.4 Å². The van der Waals surface area contributed by atoms with E-state index in [9.17, 15) is 9.90 Å². The van der Waals surface area contributed by atoms with E-state index in [1.807, 2.05) is 25.1 Å². The van der Waals surface area contributed by atoms with Crippen LogP contribution in [0, 0.1) is 6.92 Å². The third kappa shape index (κ3) is 6.01. The number of piperidine rings is 1. The lowest BCUT2D eigenvalue weighted by Gasteiger charge is -2.32. The van der Waals surface area contributed by atoms with Crippen molar-refractivity contribution in [3.8, 4) is 5.75 Å². The SMILES string of the molecule is Cc1ccc(SC(C)C(=O)NC2CCN(Cc3cccc(O)c3)CC2)cc1. The van der Waals surface area contributed by atoms with E-state index in [0.717, 1.165) is 42.9 Å². The first-order valence-electron chi connectivity index (χ1n) is 9.53. The van der Waals surface area contributed by atoms with Crippen LogP contribution in [0.2, 0.25) is 0 Å². The van der Waals surface area contributed by atoms with E-state index in [4.69, 9.17) is 0 Å². The van der Waals surface area contributed by atoms with E-state index in [1.54, 1.807) is 17.8 Å². The number of benzene rings is 2. The molecule has 1 saturated heterocycles. The molecule has 0 aliphatic carbocycles. The number of thioether (sulfide) groups is 1. The van der Waals surface area contributed by atoms with Crippen LogP contribution in [0.15, 0.2) is 53.4 Å². The first-order valence-corrected chi connectivity index (χ1v) is 10.4. The number of phenols is 1. The molecule has 1 heterocycles. The Morgan fingerprint density at radius 2 is 1.93 bits per heavy atom. The summed E-state index contributed by atoms with van der Waals surface area (Å²) in [6, 6.07) is 16.0. The Kier molecular flexibility index (Phi) is 6.80. The standard InChI is InChI=1S/C22H28N2O2S/c1-16-6-8-21(9-7-16)27-17(2)22(26)23-19-10-12-24(13-11-19)15-18-4-3-5-20(25)14-18/h3-9,14,17,19,25H,10-13,15H2,1-2H3,(H,23,26). The van der Waals surface area contributed by atoms with Crippen LogP contribution in [-0.2, 0) is 11.3 Å². The molecule has 144 valence electrons. The summed E-state index contributed by atoms with van der Waals surface area (Å²) in [6.07, 6.45) is 1.93. The van der Waals surface area contributed by atoms with Crippen LogP contribution in [0.25, 0.3) is 0 Å². The van der Waals surface area contributed by atoms with Crippen molar-refractivity contribution in [2.24, 2.45) is 0 Å². The zero-order chi connectivity index (χ0) is 19.2. The molecule has 1 aliphatic rings. The van der Waals surface area contributed by atoms with Gasteiger partial charge in [0, 0.05) is 30.6 Å². The van der Waals surface area contributed by atoms with Gasteiger partial charge in [0.05, 0.1) is 5.25 Å². The van der Waals surface area contributed by atoms with Crippen LogP contribution in [0.3, 0.4) is 0 Å². The quantitative estimate of drug-likeness (QED) is 0.740. The molecule has 0 bridgehead atoms. The van der Waals surface area contributed by atoms with Crippen molar-refractivity contribution in [1.29, 1.82) is 0 Å². The molecule has 2 N–H and O–H groups in total. The topological polar surface area (TPSA) is 52.6 Å². The van der Waals surface area contributed by atoms with Gasteiger partial charge in [0.15, 0.2) is 0 Å². The van der Waals surface area contributed by atoms with Gasteiger partial charge in [0.25, 0.3) is 0 Å². The smallest absolute Gasteiger partial charge is 0.233 e. The number of hydrogen-bond donors (Lipinski definition) is 2. The van der Waals surface area contributed by atoms with Crippen LogP contribution >= 0.6 is 11.8 Å². The molecule has 0 saturated carbocycles. The monoisotopic (exact) mass is 384 g/mol. The van der Waals surface area contributed by atoms with Crippen molar-refractivity contribution in [2.45, 2.75) is 49.4 Å². The molecular formula is C22H28N2O2S. The minimum absolute atomic E-state index is 0.0990. The van der Waals surface area contributed by atoms with Crippen molar-refractivity contribution >= 4 is 17.7 Å². The number of carbonyl (C=O) groups is 1. The van der Waals surface area contributed by atoms with Crippen LogP contribution in [0.5, 0.6) is 5.75 Å². The summed E-state index contributed by atoms with van der Waals surface area (Å²) in [5, 5.41) is 12.7. The second-order valence-electron chi connectivity index (χ2n) is 7.30. The third-order valence-electron chi connectivity index (χ3n) is 4.95. The van der Waals surface area contributed by atoms with Crippen LogP contribution in [-0.4, -0.2) is 40.3 Å². The molecule has 0 spiro atoms. The van der Waals surface area contributed by atoms with E-state index in [2.05, 4.69) is 41.4 Å². The first-order chi connectivity index (χ1) is 13.0. The second-order valence-corrected chi connectivity index (χ2v) is 8.72. The number of nitrogens with one attached hydrogen (secondary N) is 1. The van der Waals surface area contributed by atoms with Gasteiger partial charge in [-0.25, -0.2) is 0 Å². The van der Waals surface area contributed by atoms with Crippen LogP contribution in [0.4, 0.5) is 0 Å². The summed E-state index contributed by atoms with van der Waals surface area (Å²) in [5.41, 5.74) is 2.36. The van der Waals surface area contributed by atoms with E-state index >= 15 is 0 Å². The zero-order valence-electron chi connectivity index (χ0n) is 16.0. The normalized spacial score (nSPS) is 16.8. The highest BCUT2D eigenvalue weighted by molar-refractivity contribution is 8.00. The molecule has 2 aromatic rings. The molecule has 2 aromatic carbocycles. The number of carbonyl (C=O) groups excluding carboxylic acids is 1. The zero-order valence-corrected chi connectivity index (χ0v) is 16.8. The van der Waals surface area contributed by atoms with Gasteiger partial charge in [-0.3, -0.25) is 9.69 Å². The average molecular weight is 385 g/mol. The Labute approximate surface area is 166 Å². The van der Waals surface area contributed by atoms with Gasteiger partial charge in [0.1, 0.15) is 5.75 Å². The Balaban J connectivity index is 1.42. The summed E-state index contributed by atoms with van der Waals surface area (Å²) in [4.78, 5) is 16.0. The number of phenolic OH excluding ortho intramolecular Hbond substituents is 1. The lowest BCUT2D eigenvalue weighted by Crippen LogP contribution is -2.46. The largest absolute Gasteiger partial charge is 0.508 e. The Morgan fingerprint density at radius 3 is 2.59 bits per heavy atom. The molecule has 4 nitrogen and oxygen atoms in total. The summed E-state index contributed by atoms with van der Waals surface area (Å²) >= 11 is 1.61. The predicted molar refractivity (Wildman–Crippen MR) is 111 cm³/mol. The Hall–Kier alpha value is -1.98. The molecule has 3 rings (SSSR count). The van der Waals surface area contributed by atoms with Crippen molar-refractivity contribution < 1.29 is 9.90 Å². The molecule has 5 heteroatoms. The van der Waals surface area contributed by atoms with E-state index in [1.165, 1.54) is 5.56 Å². The molecule has 27 heavy (non-hydrogen) atoms. The van der Waals surface area contributed by atoms with E-state index in [0.29, 0.717) is 5.75 Å². The molecule has 1 amide bonds. The summed E-state index contributed by atoms with van der Waals surface area (Å²) in [5.74, 6) is 0.432. The van der Waals surface area contributed by atoms with Crippen molar-refractivity contribution in [3.63, 3.8) is 0 Å². The number of aryl methyl sites for hydroxylation is 1. The van der Waals surface area contributed by atoms with Gasteiger partial charge in [0.2, 0.25) is 5.91 Å². The fourth-order valence-electron chi connectivity index (χ4n) is 3.34. The maximum absolute atomic E-state index is 12.5. The molecular weight excluding hydrogens is 356 g/mol. The average Bonchev–Trinajstić information content (AvgIpc) is 2.65. The molecule has 1 aliphatic heterocycles.